The molecular weight excluding hydrogens is 648 g/mol. The average Bonchev–Trinajstić information content (AvgIpc) is 3.48. The van der Waals surface area contributed by atoms with Gasteiger partial charge in [-0.15, -0.1) is 0 Å². The lowest BCUT2D eigenvalue weighted by molar-refractivity contribution is -0.151. The molecule has 0 fully saturated rings. The highest BCUT2D eigenvalue weighted by Gasteiger charge is 2.37. The van der Waals surface area contributed by atoms with E-state index in [1.54, 1.807) is 36.5 Å². The molecular formula is C35H44N6O9. The molecule has 0 aliphatic rings. The van der Waals surface area contributed by atoms with E-state index in [2.05, 4.69) is 15.6 Å². The van der Waals surface area contributed by atoms with E-state index >= 15 is 0 Å². The van der Waals surface area contributed by atoms with E-state index in [1.165, 1.54) is 14.1 Å². The first-order valence-corrected chi connectivity index (χ1v) is 16.2. The molecule has 7 N–H and O–H groups in total. The fourth-order valence-electron chi connectivity index (χ4n) is 5.61. The first-order valence-electron chi connectivity index (χ1n) is 16.2. The van der Waals surface area contributed by atoms with Gasteiger partial charge in [0.15, 0.2) is 0 Å². The number of nitrogens with one attached hydrogen (secondary N) is 3. The summed E-state index contributed by atoms with van der Waals surface area (Å²) in [5.74, 6) is -6.94. The Kier molecular flexibility index (Phi) is 14.1. The van der Waals surface area contributed by atoms with Crippen LogP contribution >= 0.6 is 0 Å². The lowest BCUT2D eigenvalue weighted by atomic mass is 10.00. The number of aliphatic carboxylic acids is 2. The van der Waals surface area contributed by atoms with E-state index in [4.69, 9.17) is 5.73 Å². The molecule has 50 heavy (non-hydrogen) atoms. The standard InChI is InChI=1S/C35H44N6O9/c1-4-5-15-27(34(49)39-26(18-30(43)44)33(48)38-25(32(36)47)16-21-11-7-6-8-12-21)41(3)35(50)28(40(2)29(42)19-31(45)46)17-22-20-37-24-14-10-9-13-23(22)24/h6-14,20,25-28,37H,4-5,15-19H2,1-3H3,(H2,36,47)(H,38,48)(H,39,49)(H,43,44)(H,45,46)/t25-,26-,27-,28-/m0/s1. The van der Waals surface area contributed by atoms with Crippen molar-refractivity contribution in [1.29, 1.82) is 0 Å². The van der Waals surface area contributed by atoms with E-state index in [-0.39, 0.29) is 19.3 Å². The molecule has 1 aromatic heterocycles. The topological polar surface area (TPSA) is 232 Å². The average molecular weight is 693 g/mol. The van der Waals surface area contributed by atoms with Crippen LogP contribution in [0.5, 0.6) is 0 Å². The largest absolute Gasteiger partial charge is 0.481 e. The minimum absolute atomic E-state index is 0.0167. The summed E-state index contributed by atoms with van der Waals surface area (Å²) in [6.07, 6.45) is 1.22. The summed E-state index contributed by atoms with van der Waals surface area (Å²) in [5, 5.41) is 24.5. The molecule has 2 aromatic carbocycles. The fraction of sp³-hybridized carbons (Fsp3) is 0.400. The second-order valence-corrected chi connectivity index (χ2v) is 12.1. The maximum absolute atomic E-state index is 14.2. The van der Waals surface area contributed by atoms with Crippen molar-refractivity contribution in [3.05, 3.63) is 71.9 Å². The van der Waals surface area contributed by atoms with Gasteiger partial charge in [-0.05, 0) is 23.6 Å². The van der Waals surface area contributed by atoms with Crippen molar-refractivity contribution in [2.75, 3.05) is 14.1 Å². The Morgan fingerprint density at radius 1 is 0.800 bits per heavy atom. The van der Waals surface area contributed by atoms with Crippen LogP contribution in [0.3, 0.4) is 0 Å². The zero-order chi connectivity index (χ0) is 37.0. The van der Waals surface area contributed by atoms with Gasteiger partial charge >= 0.3 is 11.9 Å². The number of unbranched alkanes of at least 4 members (excludes halogenated alkanes) is 1. The van der Waals surface area contributed by atoms with E-state index in [0.29, 0.717) is 24.0 Å². The van der Waals surface area contributed by atoms with Gasteiger partial charge in [0.2, 0.25) is 29.5 Å². The molecule has 268 valence electrons. The Balaban J connectivity index is 1.89. The summed E-state index contributed by atoms with van der Waals surface area (Å²) in [5.41, 5.74) is 7.67. The molecule has 0 saturated heterocycles. The van der Waals surface area contributed by atoms with Crippen molar-refractivity contribution in [2.24, 2.45) is 5.73 Å². The minimum Gasteiger partial charge on any atom is -0.481 e. The van der Waals surface area contributed by atoms with Gasteiger partial charge in [-0.1, -0.05) is 68.3 Å². The smallest absolute Gasteiger partial charge is 0.312 e. The number of nitrogens with zero attached hydrogens (tertiary/aromatic N) is 2. The summed E-state index contributed by atoms with van der Waals surface area (Å²) < 4.78 is 0. The molecule has 0 saturated carbocycles. The van der Waals surface area contributed by atoms with Gasteiger partial charge in [0.05, 0.1) is 6.42 Å². The van der Waals surface area contributed by atoms with Crippen molar-refractivity contribution in [3.8, 4) is 0 Å². The molecule has 0 unspecified atom stereocenters. The SMILES string of the molecule is CCCC[C@@H](C(=O)N[C@@H](CC(=O)O)C(=O)N[C@@H](Cc1ccccc1)C(N)=O)N(C)C(=O)[C@H](Cc1c[nH]c2ccccc12)N(C)C(=O)CC(=O)O. The Bertz CT molecular complexity index is 1690. The molecule has 0 aliphatic carbocycles. The number of carboxylic acids is 2. The molecule has 15 nitrogen and oxygen atoms in total. The fourth-order valence-corrected chi connectivity index (χ4v) is 5.61. The normalized spacial score (nSPS) is 13.3. The number of carbonyl (C=O) groups excluding carboxylic acids is 5. The molecule has 0 spiro atoms. The maximum atomic E-state index is 14.2. The van der Waals surface area contributed by atoms with E-state index in [1.807, 2.05) is 31.2 Å². The Morgan fingerprint density at radius 2 is 1.44 bits per heavy atom. The van der Waals surface area contributed by atoms with Crippen molar-refractivity contribution in [3.63, 3.8) is 0 Å². The molecule has 0 bridgehead atoms. The van der Waals surface area contributed by atoms with Crippen molar-refractivity contribution in [1.82, 2.24) is 25.4 Å². The number of carbonyl (C=O) groups is 7. The number of nitrogens with two attached hydrogens (primary N) is 1. The number of H-pyrrole nitrogens is 1. The van der Waals surface area contributed by atoms with Crippen LogP contribution in [0.25, 0.3) is 10.9 Å². The molecule has 3 rings (SSSR count). The number of aromatic amines is 1. The number of benzene rings is 2. The number of rotatable bonds is 19. The number of para-hydroxylation sites is 1. The number of amides is 5. The van der Waals surface area contributed by atoms with Gasteiger partial charge in [0.25, 0.3) is 0 Å². The van der Waals surface area contributed by atoms with Crippen LogP contribution in [-0.4, -0.2) is 105 Å². The van der Waals surface area contributed by atoms with E-state index in [0.717, 1.165) is 20.7 Å². The van der Waals surface area contributed by atoms with Crippen molar-refractivity contribution in [2.45, 2.75) is 76.0 Å². The third-order valence-electron chi connectivity index (χ3n) is 8.44. The number of likely N-dealkylation sites (N-methyl/N-ethyl adjacent to an activating group) is 2. The molecule has 1 heterocycles. The summed E-state index contributed by atoms with van der Waals surface area (Å²) in [6, 6.07) is 10.7. The Morgan fingerprint density at radius 3 is 2.06 bits per heavy atom. The monoisotopic (exact) mass is 692 g/mol. The van der Waals surface area contributed by atoms with Crippen molar-refractivity contribution >= 4 is 52.4 Å². The Hall–Kier alpha value is -5.73. The van der Waals surface area contributed by atoms with Crippen LogP contribution in [0.1, 0.15) is 50.2 Å². The van der Waals surface area contributed by atoms with Gasteiger partial charge in [-0.3, -0.25) is 33.6 Å². The summed E-state index contributed by atoms with van der Waals surface area (Å²) in [6.45, 7) is 1.87. The summed E-state index contributed by atoms with van der Waals surface area (Å²) in [7, 11) is 2.67. The zero-order valence-electron chi connectivity index (χ0n) is 28.3. The summed E-state index contributed by atoms with van der Waals surface area (Å²) >= 11 is 0. The van der Waals surface area contributed by atoms with E-state index < -0.39 is 78.5 Å². The molecule has 4 atom stereocenters. The van der Waals surface area contributed by atoms with Gasteiger partial charge in [-0.2, -0.15) is 0 Å². The second kappa shape index (κ2) is 18.1. The molecule has 15 heteroatoms. The number of carboxylic acid groups (broad SMARTS) is 2. The number of fused-ring (bicyclic) bond motifs is 1. The number of primary amides is 1. The third-order valence-corrected chi connectivity index (χ3v) is 8.44. The quantitative estimate of drug-likeness (QED) is 0.0990. The highest BCUT2D eigenvalue weighted by Crippen LogP contribution is 2.22. The number of hydrogen-bond acceptors (Lipinski definition) is 7. The van der Waals surface area contributed by atoms with Crippen LogP contribution in [0, 0.1) is 0 Å². The van der Waals surface area contributed by atoms with Gasteiger partial charge in [-0.25, -0.2) is 0 Å². The van der Waals surface area contributed by atoms with Gasteiger partial charge in [0, 0.05) is 44.0 Å². The summed E-state index contributed by atoms with van der Waals surface area (Å²) in [4.78, 5) is 94.9. The Labute approximate surface area is 289 Å². The predicted octanol–water partition coefficient (Wildman–Crippen LogP) is 1.20. The maximum Gasteiger partial charge on any atom is 0.312 e. The van der Waals surface area contributed by atoms with Crippen molar-refractivity contribution < 1.29 is 43.8 Å². The first-order chi connectivity index (χ1) is 23.7. The first kappa shape index (κ1) is 38.7. The van der Waals surface area contributed by atoms with Crippen LogP contribution in [0.15, 0.2) is 60.8 Å². The van der Waals surface area contributed by atoms with Crippen LogP contribution in [0.2, 0.25) is 0 Å². The highest BCUT2D eigenvalue weighted by atomic mass is 16.4. The highest BCUT2D eigenvalue weighted by molar-refractivity contribution is 5.98. The molecule has 3 aromatic rings. The van der Waals surface area contributed by atoms with Crippen LogP contribution in [0.4, 0.5) is 0 Å². The lowest BCUT2D eigenvalue weighted by Crippen LogP contribution is -2.59. The van der Waals surface area contributed by atoms with Crippen LogP contribution in [-0.2, 0) is 46.4 Å². The van der Waals surface area contributed by atoms with Gasteiger partial charge in [0.1, 0.15) is 30.6 Å². The van der Waals surface area contributed by atoms with Gasteiger partial charge < -0.3 is 41.4 Å². The predicted molar refractivity (Wildman–Crippen MR) is 182 cm³/mol. The second-order valence-electron chi connectivity index (χ2n) is 12.1. The van der Waals surface area contributed by atoms with Crippen LogP contribution < -0.4 is 16.4 Å². The molecule has 0 aliphatic heterocycles. The molecule has 5 amide bonds. The minimum atomic E-state index is -1.63. The lowest BCUT2D eigenvalue weighted by Gasteiger charge is -2.35. The van der Waals surface area contributed by atoms with E-state index in [9.17, 15) is 43.8 Å². The number of aromatic nitrogens is 1. The number of hydrogen-bond donors (Lipinski definition) is 6. The third kappa shape index (κ3) is 10.6. The zero-order valence-corrected chi connectivity index (χ0v) is 28.3. The molecule has 0 radical (unpaired) electrons.